The minimum Gasteiger partial charge on any atom is -0.306 e. The van der Waals surface area contributed by atoms with Gasteiger partial charge < -0.3 is 4.90 Å². The number of alkyl halides is 1. The van der Waals surface area contributed by atoms with Crippen molar-refractivity contribution < 1.29 is 0 Å². The van der Waals surface area contributed by atoms with Gasteiger partial charge in [-0.1, -0.05) is 20.3 Å². The molecule has 78 valence electrons. The third kappa shape index (κ3) is 3.86. The molecule has 0 saturated heterocycles. The standard InChI is InChI=1S/C11H22ClN/c1-4-9(2)7-13(3)8-10-5-11(12)6-10/h9-11H,4-8H2,1-3H3. The molecule has 1 unspecified atom stereocenters. The Bertz CT molecular complexity index is 143. The van der Waals surface area contributed by atoms with Gasteiger partial charge in [-0.25, -0.2) is 0 Å². The van der Waals surface area contributed by atoms with Crippen LogP contribution in [0.15, 0.2) is 0 Å². The van der Waals surface area contributed by atoms with Gasteiger partial charge >= 0.3 is 0 Å². The predicted octanol–water partition coefficient (Wildman–Crippen LogP) is 2.98. The molecule has 1 rings (SSSR count). The highest BCUT2D eigenvalue weighted by Gasteiger charge is 2.27. The second-order valence-corrected chi connectivity index (χ2v) is 5.29. The lowest BCUT2D eigenvalue weighted by Crippen LogP contribution is -2.36. The molecule has 0 aromatic carbocycles. The normalized spacial score (nSPS) is 30.2. The van der Waals surface area contributed by atoms with Crippen molar-refractivity contribution in [1.82, 2.24) is 4.90 Å². The highest BCUT2D eigenvalue weighted by atomic mass is 35.5. The first-order valence-corrected chi connectivity index (χ1v) is 5.88. The van der Waals surface area contributed by atoms with E-state index in [0.29, 0.717) is 5.38 Å². The van der Waals surface area contributed by atoms with E-state index >= 15 is 0 Å². The zero-order valence-corrected chi connectivity index (χ0v) is 9.85. The first-order valence-electron chi connectivity index (χ1n) is 5.44. The highest BCUT2D eigenvalue weighted by molar-refractivity contribution is 6.21. The fourth-order valence-corrected chi connectivity index (χ4v) is 2.48. The van der Waals surface area contributed by atoms with Crippen LogP contribution in [0.25, 0.3) is 0 Å². The largest absolute Gasteiger partial charge is 0.306 e. The van der Waals surface area contributed by atoms with Crippen LogP contribution >= 0.6 is 11.6 Å². The quantitative estimate of drug-likeness (QED) is 0.621. The van der Waals surface area contributed by atoms with Gasteiger partial charge in [0.25, 0.3) is 0 Å². The lowest BCUT2D eigenvalue weighted by atomic mass is 9.84. The molecule has 0 aromatic rings. The smallest absolute Gasteiger partial charge is 0.0342 e. The summed E-state index contributed by atoms with van der Waals surface area (Å²) in [4.78, 5) is 2.46. The van der Waals surface area contributed by atoms with Gasteiger partial charge in [-0.15, -0.1) is 11.6 Å². The van der Waals surface area contributed by atoms with Crippen LogP contribution in [-0.2, 0) is 0 Å². The van der Waals surface area contributed by atoms with Crippen LogP contribution in [0.2, 0.25) is 0 Å². The molecule has 1 nitrogen and oxygen atoms in total. The molecule has 0 radical (unpaired) electrons. The van der Waals surface area contributed by atoms with E-state index < -0.39 is 0 Å². The fraction of sp³-hybridized carbons (Fsp3) is 1.00. The summed E-state index contributed by atoms with van der Waals surface area (Å²) in [5, 5.41) is 0.474. The molecule has 0 heterocycles. The molecular formula is C11H22ClN. The molecule has 0 spiro atoms. The Kier molecular flexibility index (Phi) is 4.54. The van der Waals surface area contributed by atoms with Crippen molar-refractivity contribution in [2.45, 2.75) is 38.5 Å². The van der Waals surface area contributed by atoms with Crippen LogP contribution in [0.4, 0.5) is 0 Å². The molecule has 0 bridgehead atoms. The zero-order valence-electron chi connectivity index (χ0n) is 9.09. The second-order valence-electron chi connectivity index (χ2n) is 4.67. The summed E-state index contributed by atoms with van der Waals surface area (Å²) >= 11 is 5.94. The minimum atomic E-state index is 0.474. The molecule has 0 aliphatic heterocycles. The molecule has 1 saturated carbocycles. The van der Waals surface area contributed by atoms with E-state index in [9.17, 15) is 0 Å². The SMILES string of the molecule is CCC(C)CN(C)CC1CC(Cl)C1. The maximum Gasteiger partial charge on any atom is 0.0342 e. The first-order chi connectivity index (χ1) is 6.11. The number of hydrogen-bond acceptors (Lipinski definition) is 1. The molecular weight excluding hydrogens is 182 g/mol. The van der Waals surface area contributed by atoms with Gasteiger partial charge in [0, 0.05) is 18.5 Å². The molecule has 0 aromatic heterocycles. The van der Waals surface area contributed by atoms with Crippen LogP contribution in [-0.4, -0.2) is 30.4 Å². The van der Waals surface area contributed by atoms with Crippen molar-refractivity contribution in [2.24, 2.45) is 11.8 Å². The summed E-state index contributed by atoms with van der Waals surface area (Å²) in [6, 6.07) is 0. The van der Waals surface area contributed by atoms with E-state index in [2.05, 4.69) is 25.8 Å². The van der Waals surface area contributed by atoms with Crippen LogP contribution in [0.3, 0.4) is 0 Å². The number of rotatable bonds is 5. The Labute approximate surface area is 87.4 Å². The van der Waals surface area contributed by atoms with E-state index in [1.807, 2.05) is 0 Å². The Morgan fingerprint density at radius 1 is 1.46 bits per heavy atom. The molecule has 1 aliphatic rings. The summed E-state index contributed by atoms with van der Waals surface area (Å²) in [6.07, 6.45) is 3.74. The van der Waals surface area contributed by atoms with E-state index in [1.165, 1.54) is 32.4 Å². The number of nitrogens with zero attached hydrogens (tertiary/aromatic N) is 1. The van der Waals surface area contributed by atoms with Gasteiger partial charge in [0.2, 0.25) is 0 Å². The maximum absolute atomic E-state index is 5.94. The molecule has 1 aliphatic carbocycles. The topological polar surface area (TPSA) is 3.24 Å². The van der Waals surface area contributed by atoms with Crippen LogP contribution < -0.4 is 0 Å². The van der Waals surface area contributed by atoms with Crippen molar-refractivity contribution >= 4 is 11.6 Å². The van der Waals surface area contributed by atoms with Gasteiger partial charge in [0.05, 0.1) is 0 Å². The maximum atomic E-state index is 5.94. The minimum absolute atomic E-state index is 0.474. The van der Waals surface area contributed by atoms with Crippen LogP contribution in [0.5, 0.6) is 0 Å². The second kappa shape index (κ2) is 5.21. The fourth-order valence-electron chi connectivity index (χ4n) is 1.98. The van der Waals surface area contributed by atoms with Crippen molar-refractivity contribution in [3.05, 3.63) is 0 Å². The lowest BCUT2D eigenvalue weighted by molar-refractivity contribution is 0.190. The van der Waals surface area contributed by atoms with Gasteiger partial charge in [0.15, 0.2) is 0 Å². The summed E-state index contributed by atoms with van der Waals surface area (Å²) in [5.41, 5.74) is 0. The van der Waals surface area contributed by atoms with Crippen molar-refractivity contribution in [2.75, 3.05) is 20.1 Å². The molecule has 2 heteroatoms. The van der Waals surface area contributed by atoms with Crippen molar-refractivity contribution in [3.8, 4) is 0 Å². The molecule has 1 fully saturated rings. The van der Waals surface area contributed by atoms with E-state index in [-0.39, 0.29) is 0 Å². The summed E-state index contributed by atoms with van der Waals surface area (Å²) in [5.74, 6) is 1.70. The average molecular weight is 204 g/mol. The summed E-state index contributed by atoms with van der Waals surface area (Å²) in [7, 11) is 2.23. The van der Waals surface area contributed by atoms with E-state index in [4.69, 9.17) is 11.6 Å². The Balaban J connectivity index is 2.07. The summed E-state index contributed by atoms with van der Waals surface area (Å²) < 4.78 is 0. The van der Waals surface area contributed by atoms with Gasteiger partial charge in [-0.2, -0.15) is 0 Å². The average Bonchev–Trinajstić information content (AvgIpc) is 2.01. The lowest BCUT2D eigenvalue weighted by Gasteiger charge is -2.34. The Morgan fingerprint density at radius 2 is 2.08 bits per heavy atom. The molecule has 1 atom stereocenters. The predicted molar refractivity (Wildman–Crippen MR) is 59.3 cm³/mol. The van der Waals surface area contributed by atoms with Crippen LogP contribution in [0, 0.1) is 11.8 Å². The van der Waals surface area contributed by atoms with Gasteiger partial charge in [-0.3, -0.25) is 0 Å². The van der Waals surface area contributed by atoms with E-state index in [1.54, 1.807) is 0 Å². The molecule has 0 amide bonds. The third-order valence-electron chi connectivity index (χ3n) is 3.07. The number of halogens is 1. The van der Waals surface area contributed by atoms with E-state index in [0.717, 1.165) is 11.8 Å². The monoisotopic (exact) mass is 203 g/mol. The highest BCUT2D eigenvalue weighted by Crippen LogP contribution is 2.32. The zero-order chi connectivity index (χ0) is 9.84. The molecule has 13 heavy (non-hydrogen) atoms. The van der Waals surface area contributed by atoms with Crippen LogP contribution in [0.1, 0.15) is 33.1 Å². The third-order valence-corrected chi connectivity index (χ3v) is 3.42. The Hall–Kier alpha value is 0.250. The van der Waals surface area contributed by atoms with Gasteiger partial charge in [0.1, 0.15) is 0 Å². The van der Waals surface area contributed by atoms with Crippen molar-refractivity contribution in [1.29, 1.82) is 0 Å². The number of hydrogen-bond donors (Lipinski definition) is 0. The summed E-state index contributed by atoms with van der Waals surface area (Å²) in [6.45, 7) is 7.06. The van der Waals surface area contributed by atoms with Gasteiger partial charge in [-0.05, 0) is 31.7 Å². The van der Waals surface area contributed by atoms with Crippen molar-refractivity contribution in [3.63, 3.8) is 0 Å². The Morgan fingerprint density at radius 3 is 2.54 bits per heavy atom. The first kappa shape index (κ1) is 11.3. The molecule has 0 N–H and O–H groups in total.